The summed E-state index contributed by atoms with van der Waals surface area (Å²) in [6.45, 7) is 7.42. The van der Waals surface area contributed by atoms with Gasteiger partial charge in [-0.1, -0.05) is 52.9 Å². The highest BCUT2D eigenvalue weighted by molar-refractivity contribution is 4.93. The lowest BCUT2D eigenvalue weighted by Crippen LogP contribution is -2.40. The molecular formula is C18H34. The molecule has 2 rings (SSSR count). The molecule has 18 heavy (non-hydrogen) atoms. The third-order valence-corrected chi connectivity index (χ3v) is 6.56. The zero-order chi connectivity index (χ0) is 13.0. The molecule has 0 bridgehead atoms. The van der Waals surface area contributed by atoms with Gasteiger partial charge in [0.1, 0.15) is 0 Å². The smallest absolute Gasteiger partial charge is 0.0246 e. The second kappa shape index (κ2) is 6.44. The molecule has 106 valence electrons. The van der Waals surface area contributed by atoms with Crippen molar-refractivity contribution in [1.82, 2.24) is 0 Å². The molecule has 0 unspecified atom stereocenters. The molecule has 0 aromatic rings. The predicted octanol–water partition coefficient (Wildman–Crippen LogP) is 6.20. The molecule has 2 saturated carbocycles. The third-order valence-electron chi connectivity index (χ3n) is 6.56. The molecule has 0 aliphatic heterocycles. The number of hydrogen-bond donors (Lipinski definition) is 0. The first-order valence-corrected chi connectivity index (χ1v) is 8.73. The topological polar surface area (TPSA) is 0 Å². The van der Waals surface area contributed by atoms with Crippen LogP contribution in [0.15, 0.2) is 0 Å². The van der Waals surface area contributed by atoms with Crippen LogP contribution in [0.2, 0.25) is 0 Å². The molecule has 0 aromatic heterocycles. The Labute approximate surface area is 115 Å². The van der Waals surface area contributed by atoms with E-state index in [0.717, 1.165) is 17.8 Å². The lowest BCUT2D eigenvalue weighted by Gasteiger charge is -2.49. The van der Waals surface area contributed by atoms with Gasteiger partial charge in [-0.15, -0.1) is 0 Å². The highest BCUT2D eigenvalue weighted by atomic mass is 14.5. The Hall–Kier alpha value is 0. The fraction of sp³-hybridized carbons (Fsp3) is 1.00. The first-order chi connectivity index (χ1) is 8.73. The molecule has 0 N–H and O–H groups in total. The Morgan fingerprint density at radius 3 is 1.72 bits per heavy atom. The summed E-state index contributed by atoms with van der Waals surface area (Å²) < 4.78 is 0. The molecule has 2 fully saturated rings. The fourth-order valence-electron chi connectivity index (χ4n) is 5.25. The summed E-state index contributed by atoms with van der Waals surface area (Å²) in [6, 6.07) is 0. The summed E-state index contributed by atoms with van der Waals surface area (Å²) in [7, 11) is 0. The van der Waals surface area contributed by atoms with Crippen LogP contribution in [0.3, 0.4) is 0 Å². The Morgan fingerprint density at radius 1 is 0.722 bits per heavy atom. The Bertz CT molecular complexity index is 224. The maximum absolute atomic E-state index is 2.48. The van der Waals surface area contributed by atoms with Crippen LogP contribution in [0, 0.1) is 23.2 Å². The van der Waals surface area contributed by atoms with Gasteiger partial charge in [0.05, 0.1) is 0 Å². The number of hydrogen-bond acceptors (Lipinski definition) is 0. The minimum absolute atomic E-state index is 0.709. The Balaban J connectivity index is 2.09. The largest absolute Gasteiger partial charge is 0.0648 e. The average Bonchev–Trinajstić information content (AvgIpc) is 2.44. The van der Waals surface area contributed by atoms with E-state index < -0.39 is 0 Å². The van der Waals surface area contributed by atoms with Crippen LogP contribution in [0.25, 0.3) is 0 Å². The van der Waals surface area contributed by atoms with Crippen molar-refractivity contribution < 1.29 is 0 Å². The number of rotatable bonds is 4. The minimum atomic E-state index is 0.709. The molecule has 0 saturated heterocycles. The minimum Gasteiger partial charge on any atom is -0.0648 e. The van der Waals surface area contributed by atoms with Gasteiger partial charge >= 0.3 is 0 Å². The summed E-state index contributed by atoms with van der Waals surface area (Å²) in [5.74, 6) is 3.10. The van der Waals surface area contributed by atoms with E-state index in [4.69, 9.17) is 0 Å². The Kier molecular flexibility index (Phi) is 5.15. The lowest BCUT2D eigenvalue weighted by atomic mass is 9.56. The van der Waals surface area contributed by atoms with E-state index in [1.165, 1.54) is 70.6 Å². The van der Waals surface area contributed by atoms with E-state index in [1.54, 1.807) is 0 Å². The van der Waals surface area contributed by atoms with Gasteiger partial charge in [-0.25, -0.2) is 0 Å². The van der Waals surface area contributed by atoms with Gasteiger partial charge in [-0.2, -0.15) is 0 Å². The fourth-order valence-corrected chi connectivity index (χ4v) is 5.25. The van der Waals surface area contributed by atoms with E-state index in [9.17, 15) is 0 Å². The predicted molar refractivity (Wildman–Crippen MR) is 80.7 cm³/mol. The van der Waals surface area contributed by atoms with Gasteiger partial charge in [0.15, 0.2) is 0 Å². The highest BCUT2D eigenvalue weighted by Crippen LogP contribution is 2.53. The summed E-state index contributed by atoms with van der Waals surface area (Å²) in [5, 5.41) is 0. The molecule has 0 amide bonds. The van der Waals surface area contributed by atoms with Crippen molar-refractivity contribution in [2.24, 2.45) is 23.2 Å². The van der Waals surface area contributed by atoms with Crippen LogP contribution >= 0.6 is 0 Å². The summed E-state index contributed by atoms with van der Waals surface area (Å²) in [4.78, 5) is 0. The zero-order valence-electron chi connectivity index (χ0n) is 13.0. The third kappa shape index (κ3) is 2.78. The van der Waals surface area contributed by atoms with E-state index in [2.05, 4.69) is 20.8 Å². The van der Waals surface area contributed by atoms with Gasteiger partial charge in [-0.3, -0.25) is 0 Å². The molecule has 0 spiro atoms. The summed E-state index contributed by atoms with van der Waals surface area (Å²) >= 11 is 0. The summed E-state index contributed by atoms with van der Waals surface area (Å²) in [6.07, 6.45) is 16.5. The SMILES string of the molecule is CCC(CC)(C1CCCCC1)C1CCC(C)CC1. The van der Waals surface area contributed by atoms with Crippen molar-refractivity contribution in [1.29, 1.82) is 0 Å². The van der Waals surface area contributed by atoms with Crippen LogP contribution in [0.1, 0.15) is 91.4 Å². The highest BCUT2D eigenvalue weighted by Gasteiger charge is 2.43. The molecule has 0 aromatic carbocycles. The van der Waals surface area contributed by atoms with Crippen molar-refractivity contribution in [3.8, 4) is 0 Å². The van der Waals surface area contributed by atoms with Crippen LogP contribution in [-0.4, -0.2) is 0 Å². The van der Waals surface area contributed by atoms with Crippen molar-refractivity contribution in [3.05, 3.63) is 0 Å². The van der Waals surface area contributed by atoms with Crippen molar-refractivity contribution in [2.75, 3.05) is 0 Å². The van der Waals surface area contributed by atoms with Gasteiger partial charge in [-0.05, 0) is 61.7 Å². The molecule has 2 aliphatic rings. The molecule has 0 heteroatoms. The van der Waals surface area contributed by atoms with Gasteiger partial charge < -0.3 is 0 Å². The van der Waals surface area contributed by atoms with E-state index in [-0.39, 0.29) is 0 Å². The standard InChI is InChI=1S/C18H34/c1-4-18(5-2,16-9-7-6-8-10-16)17-13-11-15(3)12-14-17/h15-17H,4-14H2,1-3H3. The van der Waals surface area contributed by atoms with Gasteiger partial charge in [0.25, 0.3) is 0 Å². The molecule has 2 aliphatic carbocycles. The van der Waals surface area contributed by atoms with E-state index in [0.29, 0.717) is 5.41 Å². The molecular weight excluding hydrogens is 216 g/mol. The Morgan fingerprint density at radius 2 is 1.22 bits per heavy atom. The summed E-state index contributed by atoms with van der Waals surface area (Å²) in [5.41, 5.74) is 0.709. The van der Waals surface area contributed by atoms with Crippen LogP contribution in [0.5, 0.6) is 0 Å². The van der Waals surface area contributed by atoms with E-state index >= 15 is 0 Å². The van der Waals surface area contributed by atoms with Crippen molar-refractivity contribution in [2.45, 2.75) is 91.4 Å². The zero-order valence-corrected chi connectivity index (χ0v) is 13.0. The molecule has 0 atom stereocenters. The first-order valence-electron chi connectivity index (χ1n) is 8.73. The average molecular weight is 250 g/mol. The van der Waals surface area contributed by atoms with Crippen molar-refractivity contribution in [3.63, 3.8) is 0 Å². The van der Waals surface area contributed by atoms with Gasteiger partial charge in [0.2, 0.25) is 0 Å². The van der Waals surface area contributed by atoms with Crippen LogP contribution in [-0.2, 0) is 0 Å². The van der Waals surface area contributed by atoms with Crippen LogP contribution in [0.4, 0.5) is 0 Å². The lowest BCUT2D eigenvalue weighted by molar-refractivity contribution is 0.00735. The van der Waals surface area contributed by atoms with E-state index in [1.807, 2.05) is 0 Å². The first kappa shape index (κ1) is 14.4. The maximum Gasteiger partial charge on any atom is -0.0246 e. The second-order valence-electron chi connectivity index (χ2n) is 7.23. The monoisotopic (exact) mass is 250 g/mol. The maximum atomic E-state index is 2.48. The molecule has 0 nitrogen and oxygen atoms in total. The quantitative estimate of drug-likeness (QED) is 0.557. The van der Waals surface area contributed by atoms with Gasteiger partial charge in [0, 0.05) is 0 Å². The van der Waals surface area contributed by atoms with Crippen LogP contribution < -0.4 is 0 Å². The molecule has 0 radical (unpaired) electrons. The van der Waals surface area contributed by atoms with Crippen molar-refractivity contribution >= 4 is 0 Å². The molecule has 0 heterocycles. The second-order valence-corrected chi connectivity index (χ2v) is 7.23. The normalized spacial score (nSPS) is 31.5.